The molecule has 1 aromatic heterocycles. The average molecular weight is 292 g/mol. The Kier molecular flexibility index (Phi) is 5.27. The van der Waals surface area contributed by atoms with Crippen LogP contribution in [0.5, 0.6) is 0 Å². The molecule has 1 fully saturated rings. The first kappa shape index (κ1) is 15.4. The number of carboxylic acid groups (broad SMARTS) is 1. The van der Waals surface area contributed by atoms with Crippen molar-refractivity contribution in [3.63, 3.8) is 0 Å². The fraction of sp³-hybridized carbons (Fsp3) is 0.533. The molecule has 2 rings (SSSR count). The van der Waals surface area contributed by atoms with Gasteiger partial charge in [-0.05, 0) is 31.4 Å². The van der Waals surface area contributed by atoms with E-state index >= 15 is 0 Å². The summed E-state index contributed by atoms with van der Waals surface area (Å²) < 4.78 is 5.13. The molecule has 1 heterocycles. The largest absolute Gasteiger partial charge is 0.481 e. The lowest BCUT2D eigenvalue weighted by Crippen LogP contribution is -2.35. The molecule has 1 aromatic rings. The van der Waals surface area contributed by atoms with Gasteiger partial charge in [-0.25, -0.2) is 0 Å². The third-order valence-corrected chi connectivity index (χ3v) is 3.85. The van der Waals surface area contributed by atoms with Crippen LogP contribution in [-0.4, -0.2) is 35.7 Å². The van der Waals surface area contributed by atoms with Crippen molar-refractivity contribution in [2.45, 2.75) is 25.3 Å². The molecule has 0 aromatic carbocycles. The number of hydrogen-bond donors (Lipinski definition) is 2. The van der Waals surface area contributed by atoms with E-state index in [9.17, 15) is 9.59 Å². The van der Waals surface area contributed by atoms with Crippen molar-refractivity contribution < 1.29 is 19.4 Å². The highest BCUT2D eigenvalue weighted by Crippen LogP contribution is 2.31. The molecule has 1 aliphatic rings. The molecule has 0 unspecified atom stereocenters. The van der Waals surface area contributed by atoms with Crippen LogP contribution in [0.15, 0.2) is 24.4 Å². The Morgan fingerprint density at radius 2 is 2.19 bits per heavy atom. The monoisotopic (exact) mass is 292 g/mol. The number of methoxy groups -OCH3 is 1. The van der Waals surface area contributed by atoms with Gasteiger partial charge in [0.05, 0.1) is 24.3 Å². The maximum absolute atomic E-state index is 12.3. The molecule has 2 N–H and O–H groups in total. The van der Waals surface area contributed by atoms with Crippen molar-refractivity contribution in [1.29, 1.82) is 0 Å². The first-order chi connectivity index (χ1) is 10.1. The highest BCUT2D eigenvalue weighted by molar-refractivity contribution is 5.81. The van der Waals surface area contributed by atoms with Gasteiger partial charge < -0.3 is 15.2 Å². The maximum atomic E-state index is 12.3. The lowest BCUT2D eigenvalue weighted by molar-refractivity contribution is -0.141. The molecule has 0 bridgehead atoms. The van der Waals surface area contributed by atoms with E-state index in [4.69, 9.17) is 9.84 Å². The maximum Gasteiger partial charge on any atom is 0.306 e. The number of amides is 1. The number of nitrogens with one attached hydrogen (secondary N) is 1. The highest BCUT2D eigenvalue weighted by Gasteiger charge is 2.34. The third kappa shape index (κ3) is 4.01. The van der Waals surface area contributed by atoms with E-state index in [2.05, 4.69) is 10.3 Å². The molecule has 0 radical (unpaired) electrons. The van der Waals surface area contributed by atoms with E-state index in [-0.39, 0.29) is 17.9 Å². The molecule has 1 saturated carbocycles. The number of carbonyl (C=O) groups excluding carboxylic acids is 1. The SMILES string of the molecule is COC[C@H](NC(=O)[C@@H]1CC[C@H](C(=O)O)C1)c1ccccn1. The van der Waals surface area contributed by atoms with Gasteiger partial charge in [0.2, 0.25) is 5.91 Å². The van der Waals surface area contributed by atoms with Crippen LogP contribution >= 0.6 is 0 Å². The van der Waals surface area contributed by atoms with Crippen molar-refractivity contribution in [2.24, 2.45) is 11.8 Å². The Labute approximate surface area is 123 Å². The second-order valence-corrected chi connectivity index (χ2v) is 5.32. The van der Waals surface area contributed by atoms with E-state index in [1.165, 1.54) is 0 Å². The van der Waals surface area contributed by atoms with Crippen LogP contribution in [0, 0.1) is 11.8 Å². The van der Waals surface area contributed by atoms with Crippen LogP contribution in [0.1, 0.15) is 31.0 Å². The number of rotatable bonds is 6. The summed E-state index contributed by atoms with van der Waals surface area (Å²) in [4.78, 5) is 27.5. The lowest BCUT2D eigenvalue weighted by Gasteiger charge is -2.19. The van der Waals surface area contributed by atoms with Gasteiger partial charge in [0.15, 0.2) is 0 Å². The predicted octanol–water partition coefficient (Wildman–Crippen LogP) is 1.39. The molecule has 0 aliphatic heterocycles. The number of carbonyl (C=O) groups is 2. The van der Waals surface area contributed by atoms with Gasteiger partial charge >= 0.3 is 5.97 Å². The molecule has 0 saturated heterocycles. The van der Waals surface area contributed by atoms with Crippen molar-refractivity contribution in [2.75, 3.05) is 13.7 Å². The number of carboxylic acids is 1. The Morgan fingerprint density at radius 3 is 2.76 bits per heavy atom. The third-order valence-electron chi connectivity index (χ3n) is 3.85. The smallest absolute Gasteiger partial charge is 0.306 e. The highest BCUT2D eigenvalue weighted by atomic mass is 16.5. The first-order valence-electron chi connectivity index (χ1n) is 7.05. The fourth-order valence-electron chi connectivity index (χ4n) is 2.68. The molecule has 6 nitrogen and oxygen atoms in total. The van der Waals surface area contributed by atoms with Gasteiger partial charge in [0, 0.05) is 19.2 Å². The minimum Gasteiger partial charge on any atom is -0.481 e. The van der Waals surface area contributed by atoms with Crippen LogP contribution in [-0.2, 0) is 14.3 Å². The van der Waals surface area contributed by atoms with Crippen molar-refractivity contribution >= 4 is 11.9 Å². The quantitative estimate of drug-likeness (QED) is 0.827. The Morgan fingerprint density at radius 1 is 1.43 bits per heavy atom. The molecule has 1 aliphatic carbocycles. The van der Waals surface area contributed by atoms with Gasteiger partial charge in [-0.2, -0.15) is 0 Å². The predicted molar refractivity (Wildman–Crippen MR) is 75.5 cm³/mol. The summed E-state index contributed by atoms with van der Waals surface area (Å²) in [7, 11) is 1.57. The van der Waals surface area contributed by atoms with Gasteiger partial charge in [-0.15, -0.1) is 0 Å². The summed E-state index contributed by atoms with van der Waals surface area (Å²) in [5.74, 6) is -1.58. The normalized spacial score (nSPS) is 22.7. The van der Waals surface area contributed by atoms with Gasteiger partial charge in [0.25, 0.3) is 0 Å². The second-order valence-electron chi connectivity index (χ2n) is 5.32. The second kappa shape index (κ2) is 7.17. The summed E-state index contributed by atoms with van der Waals surface area (Å²) in [5.41, 5.74) is 0.737. The molecule has 3 atom stereocenters. The molecule has 21 heavy (non-hydrogen) atoms. The first-order valence-corrected chi connectivity index (χ1v) is 7.05. The Balaban J connectivity index is 1.98. The molecule has 114 valence electrons. The van der Waals surface area contributed by atoms with Crippen LogP contribution < -0.4 is 5.32 Å². The summed E-state index contributed by atoms with van der Waals surface area (Å²) in [6, 6.07) is 5.18. The topological polar surface area (TPSA) is 88.5 Å². The average Bonchev–Trinajstić information content (AvgIpc) is 2.98. The van der Waals surface area contributed by atoms with Crippen LogP contribution in [0.25, 0.3) is 0 Å². The van der Waals surface area contributed by atoms with Crippen LogP contribution in [0.3, 0.4) is 0 Å². The summed E-state index contributed by atoms with van der Waals surface area (Å²) >= 11 is 0. The molecular weight excluding hydrogens is 272 g/mol. The van der Waals surface area contributed by atoms with Crippen molar-refractivity contribution in [3.05, 3.63) is 30.1 Å². The number of pyridine rings is 1. The Bertz CT molecular complexity index is 492. The van der Waals surface area contributed by atoms with E-state index in [1.807, 2.05) is 18.2 Å². The number of nitrogens with zero attached hydrogens (tertiary/aromatic N) is 1. The van der Waals surface area contributed by atoms with E-state index in [1.54, 1.807) is 13.3 Å². The molecular formula is C15H20N2O4. The summed E-state index contributed by atoms with van der Waals surface area (Å²) in [6.45, 7) is 0.331. The standard InChI is InChI=1S/C15H20N2O4/c1-21-9-13(12-4-2-3-7-16-12)17-14(18)10-5-6-11(8-10)15(19)20/h2-4,7,10-11,13H,5-6,8-9H2,1H3,(H,17,18)(H,19,20)/t10-,11+,13+/m1/s1. The number of ether oxygens (including phenoxy) is 1. The number of hydrogen-bond acceptors (Lipinski definition) is 4. The minimum atomic E-state index is -0.816. The number of aliphatic carboxylic acids is 1. The molecule has 6 heteroatoms. The summed E-state index contributed by atoms with van der Waals surface area (Å²) in [6.07, 6.45) is 3.25. The van der Waals surface area contributed by atoms with Crippen molar-refractivity contribution in [3.8, 4) is 0 Å². The zero-order valence-corrected chi connectivity index (χ0v) is 12.0. The van der Waals surface area contributed by atoms with E-state index < -0.39 is 11.9 Å². The van der Waals surface area contributed by atoms with Crippen LogP contribution in [0.4, 0.5) is 0 Å². The molecule has 1 amide bonds. The molecule has 0 spiro atoms. The number of aromatic nitrogens is 1. The zero-order valence-electron chi connectivity index (χ0n) is 12.0. The minimum absolute atomic E-state index is 0.119. The van der Waals surface area contributed by atoms with E-state index in [0.717, 1.165) is 5.69 Å². The fourth-order valence-corrected chi connectivity index (χ4v) is 2.68. The lowest BCUT2D eigenvalue weighted by atomic mass is 10.0. The zero-order chi connectivity index (χ0) is 15.2. The van der Waals surface area contributed by atoms with Gasteiger partial charge in [0.1, 0.15) is 0 Å². The van der Waals surface area contributed by atoms with E-state index in [0.29, 0.717) is 25.9 Å². The Hall–Kier alpha value is -1.95. The van der Waals surface area contributed by atoms with Crippen molar-refractivity contribution in [1.82, 2.24) is 10.3 Å². The van der Waals surface area contributed by atoms with Gasteiger partial charge in [-0.1, -0.05) is 6.07 Å². The van der Waals surface area contributed by atoms with Gasteiger partial charge in [-0.3, -0.25) is 14.6 Å². The van der Waals surface area contributed by atoms with Crippen LogP contribution in [0.2, 0.25) is 0 Å². The summed E-state index contributed by atoms with van der Waals surface area (Å²) in [5, 5.41) is 11.9.